The number of benzene rings is 4. The highest BCUT2D eigenvalue weighted by Crippen LogP contribution is 2.25. The molecule has 0 saturated carbocycles. The number of hydrogen-bond acceptors (Lipinski definition) is 9. The topological polar surface area (TPSA) is 183 Å². The van der Waals surface area contributed by atoms with Crippen LogP contribution in [0.2, 0.25) is 0 Å². The first-order chi connectivity index (χ1) is 24.2. The first-order valence-corrected chi connectivity index (χ1v) is 15.6. The molecule has 2 heterocycles. The Morgan fingerprint density at radius 3 is 1.64 bits per heavy atom. The molecule has 0 radical (unpaired) electrons. The molecular weight excluding hydrogens is 640 g/mol. The van der Waals surface area contributed by atoms with Gasteiger partial charge < -0.3 is 40.3 Å². The number of fused-ring (bicyclic) bond motifs is 2. The highest BCUT2D eigenvalue weighted by atomic mass is 16.5. The van der Waals surface area contributed by atoms with E-state index in [0.29, 0.717) is 36.3 Å². The Morgan fingerprint density at radius 1 is 0.640 bits per heavy atom. The van der Waals surface area contributed by atoms with Crippen LogP contribution in [0.5, 0.6) is 11.5 Å². The fraction of sp³-hybridized carbons (Fsp3) is 0.158. The van der Waals surface area contributed by atoms with Gasteiger partial charge in [0.1, 0.15) is 22.9 Å². The number of phenolic OH excluding ortho intramolecular Hbond substituents is 1. The molecule has 0 saturated heterocycles. The minimum Gasteiger partial charge on any atom is -0.506 e. The maximum Gasteiger partial charge on any atom is 0.354 e. The smallest absolute Gasteiger partial charge is 0.354 e. The van der Waals surface area contributed by atoms with Crippen LogP contribution in [-0.2, 0) is 30.9 Å². The number of H-pyrrole nitrogens is 2. The molecule has 0 aliphatic carbocycles. The molecule has 0 fully saturated rings. The number of pyridine rings is 2. The Balaban J connectivity index is 0.000000195. The molecule has 6 N–H and O–H groups in total. The normalized spacial score (nSPS) is 10.8. The molecule has 6 aromatic rings. The number of carboxylic acid groups (broad SMARTS) is 1. The number of esters is 1. The van der Waals surface area contributed by atoms with Gasteiger partial charge in [0.15, 0.2) is 10.9 Å². The van der Waals surface area contributed by atoms with Crippen LogP contribution in [0.25, 0.3) is 21.8 Å². The predicted octanol–water partition coefficient (Wildman–Crippen LogP) is 4.83. The van der Waals surface area contributed by atoms with E-state index in [0.717, 1.165) is 29.3 Å². The molecule has 0 aliphatic heterocycles. The standard InChI is InChI=1S/C20H20N2O4.C18H16N2O4/c1-25-18-9-14(12-21-11-13-6-4-3-5-7-13)8-15-17(23)10-16(20(24)26-2)22-19(15)18;21-15-8-14(18(23)24)20-17-13(15)6-12(7-16(17)22)10-19-9-11-4-2-1-3-5-11/h3-10,21H,11-12H2,1-2H3,(H,22,23);1-8,19,22H,9-10H2,(H,20,21)(H,23,24). The molecule has 6 rings (SSSR count). The van der Waals surface area contributed by atoms with E-state index in [-0.39, 0.29) is 33.5 Å². The summed E-state index contributed by atoms with van der Waals surface area (Å²) in [5.74, 6) is -1.49. The lowest BCUT2D eigenvalue weighted by atomic mass is 10.1. The number of rotatable bonds is 11. The predicted molar refractivity (Wildman–Crippen MR) is 190 cm³/mol. The van der Waals surface area contributed by atoms with Gasteiger partial charge in [0.2, 0.25) is 0 Å². The molecule has 4 aromatic carbocycles. The Kier molecular flexibility index (Phi) is 11.4. The number of nitrogens with one attached hydrogen (secondary N) is 4. The number of ether oxygens (including phenoxy) is 2. The van der Waals surface area contributed by atoms with E-state index in [1.807, 2.05) is 66.7 Å². The van der Waals surface area contributed by atoms with Crippen LogP contribution in [0.3, 0.4) is 0 Å². The second-order valence-electron chi connectivity index (χ2n) is 11.3. The van der Waals surface area contributed by atoms with Gasteiger partial charge in [-0.15, -0.1) is 0 Å². The van der Waals surface area contributed by atoms with Crippen LogP contribution in [0, 0.1) is 0 Å². The molecule has 2 aromatic heterocycles. The lowest BCUT2D eigenvalue weighted by Crippen LogP contribution is -2.15. The van der Waals surface area contributed by atoms with Gasteiger partial charge in [0.05, 0.1) is 25.3 Å². The van der Waals surface area contributed by atoms with Crippen molar-refractivity contribution in [3.05, 3.63) is 151 Å². The van der Waals surface area contributed by atoms with Crippen LogP contribution in [0.4, 0.5) is 0 Å². The van der Waals surface area contributed by atoms with Crippen LogP contribution in [0.1, 0.15) is 43.2 Å². The SMILES string of the molecule is COC(=O)c1cc(=O)c2cc(CNCc3ccccc3)cc(OC)c2[nH]1.O=C(O)c1cc(=O)c2cc(CNCc3ccccc3)cc(O)c2[nH]1. The number of aromatic hydroxyl groups is 1. The number of carbonyl (C=O) groups is 2. The minimum absolute atomic E-state index is 0.0956. The zero-order chi connectivity index (χ0) is 35.6. The monoisotopic (exact) mass is 676 g/mol. The summed E-state index contributed by atoms with van der Waals surface area (Å²) < 4.78 is 10.1. The first kappa shape index (κ1) is 35.1. The van der Waals surface area contributed by atoms with E-state index >= 15 is 0 Å². The summed E-state index contributed by atoms with van der Waals surface area (Å²) in [6.07, 6.45) is 0. The number of aromatic amines is 2. The third-order valence-electron chi connectivity index (χ3n) is 7.80. The summed E-state index contributed by atoms with van der Waals surface area (Å²) >= 11 is 0. The molecule has 0 atom stereocenters. The summed E-state index contributed by atoms with van der Waals surface area (Å²) in [5.41, 5.74) is 3.72. The zero-order valence-corrected chi connectivity index (χ0v) is 27.4. The van der Waals surface area contributed by atoms with Crippen molar-refractivity contribution in [1.29, 1.82) is 0 Å². The largest absolute Gasteiger partial charge is 0.506 e. The average molecular weight is 677 g/mol. The summed E-state index contributed by atoms with van der Waals surface area (Å²) in [7, 11) is 2.79. The molecule has 0 amide bonds. The van der Waals surface area contributed by atoms with Crippen molar-refractivity contribution in [2.75, 3.05) is 14.2 Å². The van der Waals surface area contributed by atoms with Crippen molar-refractivity contribution in [3.63, 3.8) is 0 Å². The van der Waals surface area contributed by atoms with Crippen molar-refractivity contribution in [2.24, 2.45) is 0 Å². The molecule has 256 valence electrons. The summed E-state index contributed by atoms with van der Waals surface area (Å²) in [4.78, 5) is 52.7. The van der Waals surface area contributed by atoms with Gasteiger partial charge in [0, 0.05) is 49.1 Å². The second kappa shape index (κ2) is 16.2. The Morgan fingerprint density at radius 2 is 1.12 bits per heavy atom. The molecule has 12 nitrogen and oxygen atoms in total. The van der Waals surface area contributed by atoms with Crippen LogP contribution in [-0.4, -0.2) is 46.3 Å². The van der Waals surface area contributed by atoms with Gasteiger partial charge in [-0.2, -0.15) is 0 Å². The summed E-state index contributed by atoms with van der Waals surface area (Å²) in [6, 6.07) is 29.0. The van der Waals surface area contributed by atoms with Crippen molar-refractivity contribution in [3.8, 4) is 11.5 Å². The quantitative estimate of drug-likeness (QED) is 0.104. The molecule has 50 heavy (non-hydrogen) atoms. The Hall–Kier alpha value is -6.24. The van der Waals surface area contributed by atoms with Gasteiger partial charge in [-0.1, -0.05) is 60.7 Å². The number of carbonyl (C=O) groups excluding carboxylic acids is 1. The number of hydrogen-bond donors (Lipinski definition) is 6. The van der Waals surface area contributed by atoms with Crippen molar-refractivity contribution in [1.82, 2.24) is 20.6 Å². The van der Waals surface area contributed by atoms with Crippen LogP contribution >= 0.6 is 0 Å². The van der Waals surface area contributed by atoms with E-state index in [1.54, 1.807) is 12.1 Å². The van der Waals surface area contributed by atoms with Gasteiger partial charge in [-0.25, -0.2) is 9.59 Å². The van der Waals surface area contributed by atoms with Crippen molar-refractivity contribution in [2.45, 2.75) is 26.2 Å². The lowest BCUT2D eigenvalue weighted by molar-refractivity contribution is 0.0593. The van der Waals surface area contributed by atoms with Crippen LogP contribution in [0.15, 0.2) is 107 Å². The number of aromatic nitrogens is 2. The number of aromatic carboxylic acids is 1. The highest BCUT2D eigenvalue weighted by molar-refractivity contribution is 5.93. The second-order valence-corrected chi connectivity index (χ2v) is 11.3. The Labute approximate surface area is 286 Å². The summed E-state index contributed by atoms with van der Waals surface area (Å²) in [5, 5.41) is 26.4. The third-order valence-corrected chi connectivity index (χ3v) is 7.80. The average Bonchev–Trinajstić information content (AvgIpc) is 3.12. The molecular formula is C38H36N4O8. The third kappa shape index (κ3) is 8.61. The van der Waals surface area contributed by atoms with Gasteiger partial charge in [-0.05, 0) is 46.5 Å². The number of phenols is 1. The molecule has 0 unspecified atom stereocenters. The van der Waals surface area contributed by atoms with E-state index in [9.17, 15) is 24.3 Å². The maximum atomic E-state index is 12.4. The first-order valence-electron chi connectivity index (χ1n) is 15.6. The van der Waals surface area contributed by atoms with E-state index in [1.165, 1.54) is 31.9 Å². The molecule has 0 bridgehead atoms. The van der Waals surface area contributed by atoms with Gasteiger partial charge in [-0.3, -0.25) is 9.59 Å². The van der Waals surface area contributed by atoms with Crippen LogP contribution < -0.4 is 26.2 Å². The highest BCUT2D eigenvalue weighted by Gasteiger charge is 2.14. The number of methoxy groups -OCH3 is 2. The van der Waals surface area contributed by atoms with Gasteiger partial charge >= 0.3 is 11.9 Å². The van der Waals surface area contributed by atoms with E-state index < -0.39 is 17.4 Å². The van der Waals surface area contributed by atoms with Crippen molar-refractivity contribution < 1.29 is 29.3 Å². The maximum absolute atomic E-state index is 12.4. The zero-order valence-electron chi connectivity index (χ0n) is 27.4. The summed E-state index contributed by atoms with van der Waals surface area (Å²) in [6.45, 7) is 2.44. The lowest BCUT2D eigenvalue weighted by Gasteiger charge is -2.11. The van der Waals surface area contributed by atoms with Crippen molar-refractivity contribution >= 4 is 33.7 Å². The molecule has 0 aliphatic rings. The van der Waals surface area contributed by atoms with Gasteiger partial charge in [0.25, 0.3) is 0 Å². The molecule has 0 spiro atoms. The molecule has 12 heteroatoms. The minimum atomic E-state index is -1.25. The van der Waals surface area contributed by atoms with E-state index in [4.69, 9.17) is 9.84 Å². The fourth-order valence-electron chi connectivity index (χ4n) is 5.36. The fourth-order valence-corrected chi connectivity index (χ4v) is 5.36. The Bertz CT molecular complexity index is 2250. The van der Waals surface area contributed by atoms with E-state index in [2.05, 4.69) is 25.3 Å². The number of carboxylic acids is 1.